The highest BCUT2D eigenvalue weighted by atomic mass is 16.9. The molecule has 0 aliphatic rings. The zero-order valence-corrected chi connectivity index (χ0v) is 63.0. The van der Waals surface area contributed by atoms with Crippen molar-refractivity contribution in [1.29, 1.82) is 0 Å². The minimum absolute atomic E-state index is 0.00553. The van der Waals surface area contributed by atoms with Crippen molar-refractivity contribution in [3.05, 3.63) is 0 Å². The summed E-state index contributed by atoms with van der Waals surface area (Å²) in [6.07, 6.45) is 21.2. The molecule has 0 heterocycles. The second-order valence-electron chi connectivity index (χ2n) is 29.0. The molecule has 15 nitrogen and oxygen atoms in total. The van der Waals surface area contributed by atoms with E-state index in [1.807, 2.05) is 41.5 Å². The fraction of sp³-hybridized carbons (Fsp3) is 1.00. The standard InChI is InChI=1S/C75H151O15/c1-22-30-33-36-43-57-83-74(89-72(20,27-6)28-7,51-40-35-34-37-42-55-81-68(76)65(26-5)46-31-23-2)88-67(47-39-38-41-54-78-61-70(15,16)17)87-71(18,19)69(86-66(79-29-8)49-58-80-64(13)14)75(85-60-63(11)12,84-59-48-62(9)10)90-73(21,50-32-24-3)82-56-45-44-53-77-52-25-4/h62-69H,22-61H2,1-21H3. The molecule has 8 unspecified atom stereocenters. The number of ether oxygens (including phenoxy) is 14. The topological polar surface area (TPSA) is 149 Å². The minimum atomic E-state index is -1.91. The van der Waals surface area contributed by atoms with Crippen molar-refractivity contribution in [2.75, 3.05) is 72.7 Å². The van der Waals surface area contributed by atoms with E-state index in [4.69, 9.17) is 66.3 Å². The molecular weight excluding hydrogens is 1140 g/mol. The Morgan fingerprint density at radius 3 is 1.63 bits per heavy atom. The Kier molecular flexibility index (Phi) is 52.2. The predicted octanol–water partition coefficient (Wildman–Crippen LogP) is 20.4. The van der Waals surface area contributed by atoms with Gasteiger partial charge in [-0.05, 0) is 162 Å². The number of unbranched alkanes of at least 4 members (excludes halogenated alkanes) is 13. The molecular formula is C75H151O15. The van der Waals surface area contributed by atoms with Gasteiger partial charge in [-0.25, -0.2) is 5.11 Å². The maximum absolute atomic E-state index is 13.0. The molecule has 0 rings (SSSR count). The molecule has 541 valence electrons. The van der Waals surface area contributed by atoms with Gasteiger partial charge in [-0.2, -0.15) is 0 Å². The number of rotatable bonds is 66. The van der Waals surface area contributed by atoms with E-state index in [-0.39, 0.29) is 30.0 Å². The van der Waals surface area contributed by atoms with Gasteiger partial charge in [0.1, 0.15) is 0 Å². The van der Waals surface area contributed by atoms with Crippen molar-refractivity contribution in [3.63, 3.8) is 0 Å². The Morgan fingerprint density at radius 2 is 1.02 bits per heavy atom. The fourth-order valence-electron chi connectivity index (χ4n) is 10.5. The highest BCUT2D eigenvalue weighted by molar-refractivity contribution is 4.92. The first-order chi connectivity index (χ1) is 42.7. The highest BCUT2D eigenvalue weighted by Gasteiger charge is 2.58. The third kappa shape index (κ3) is 43.5. The molecule has 0 aliphatic carbocycles. The van der Waals surface area contributed by atoms with Gasteiger partial charge in [0.25, 0.3) is 5.97 Å². The van der Waals surface area contributed by atoms with Gasteiger partial charge in [-0.3, -0.25) is 9.47 Å². The Morgan fingerprint density at radius 1 is 0.422 bits per heavy atom. The molecule has 0 bridgehead atoms. The summed E-state index contributed by atoms with van der Waals surface area (Å²) in [5.41, 5.74) is -1.82. The number of hydrogen-bond donors (Lipinski definition) is 0. The van der Waals surface area contributed by atoms with Crippen LogP contribution in [0.2, 0.25) is 0 Å². The molecule has 0 amide bonds. The van der Waals surface area contributed by atoms with E-state index in [9.17, 15) is 5.11 Å². The quantitative estimate of drug-likeness (QED) is 0.0420. The van der Waals surface area contributed by atoms with Crippen LogP contribution < -0.4 is 0 Å². The lowest BCUT2D eigenvalue weighted by Gasteiger charge is -2.51. The van der Waals surface area contributed by atoms with Crippen LogP contribution in [0.5, 0.6) is 0 Å². The third-order valence-electron chi connectivity index (χ3n) is 16.5. The van der Waals surface area contributed by atoms with E-state index < -0.39 is 53.9 Å². The Labute approximate surface area is 556 Å². The van der Waals surface area contributed by atoms with Crippen LogP contribution in [-0.4, -0.2) is 133 Å². The van der Waals surface area contributed by atoms with Crippen molar-refractivity contribution in [2.24, 2.45) is 23.2 Å². The zero-order valence-electron chi connectivity index (χ0n) is 63.0. The molecule has 0 aliphatic heterocycles. The van der Waals surface area contributed by atoms with Crippen molar-refractivity contribution >= 4 is 0 Å². The maximum Gasteiger partial charge on any atom is 0.316 e. The molecule has 90 heavy (non-hydrogen) atoms. The molecule has 0 aromatic carbocycles. The molecule has 0 saturated heterocycles. The molecule has 0 aromatic rings. The second kappa shape index (κ2) is 52.5. The van der Waals surface area contributed by atoms with Crippen LogP contribution in [0.3, 0.4) is 0 Å². The molecule has 8 atom stereocenters. The largest absolute Gasteiger partial charge is 0.381 e. The maximum atomic E-state index is 13.0. The SMILES string of the molecule is CCCCCCCOC(CCCCCCCOC([O])C(CC)CCCC)(OC(CCCCCOCC(C)(C)C)OC(C)(C)C(OC(CCOC(C)C)OCC)C(OCCC(C)C)(OCC(C)C)OC(C)(CCCC)OCCCCOCCC)OC(C)(CC)CC. The first kappa shape index (κ1) is 89.4. The summed E-state index contributed by atoms with van der Waals surface area (Å²) in [7, 11) is 0. The third-order valence-corrected chi connectivity index (χ3v) is 16.5. The molecule has 0 N–H and O–H groups in total. The van der Waals surface area contributed by atoms with Gasteiger partial charge < -0.3 is 56.8 Å². The summed E-state index contributed by atoms with van der Waals surface area (Å²) in [6.45, 7) is 50.3. The first-order valence-electron chi connectivity index (χ1n) is 37.4. The molecule has 0 aromatic heterocycles. The summed E-state index contributed by atoms with van der Waals surface area (Å²) in [5, 5.41) is 13.0. The monoisotopic (exact) mass is 1290 g/mol. The van der Waals surface area contributed by atoms with E-state index in [0.29, 0.717) is 91.1 Å². The molecule has 1 radical (unpaired) electrons. The van der Waals surface area contributed by atoms with Crippen molar-refractivity contribution in [2.45, 2.75) is 392 Å². The van der Waals surface area contributed by atoms with Gasteiger partial charge >= 0.3 is 5.97 Å². The van der Waals surface area contributed by atoms with Gasteiger partial charge in [0.05, 0.1) is 56.9 Å². The van der Waals surface area contributed by atoms with E-state index in [1.54, 1.807) is 0 Å². The Bertz CT molecular complexity index is 1590. The van der Waals surface area contributed by atoms with Gasteiger partial charge in [-0.15, -0.1) is 0 Å². The molecule has 0 spiro atoms. The Balaban J connectivity index is 8.41. The van der Waals surface area contributed by atoms with Crippen LogP contribution in [-0.2, 0) is 71.4 Å². The lowest BCUT2D eigenvalue weighted by Crippen LogP contribution is -2.65. The Hall–Kier alpha value is -0.600. The zero-order chi connectivity index (χ0) is 67.8. The first-order valence-corrected chi connectivity index (χ1v) is 37.4. The average Bonchev–Trinajstić information content (AvgIpc) is 0.826. The summed E-state index contributed by atoms with van der Waals surface area (Å²) >= 11 is 0. The van der Waals surface area contributed by atoms with Crippen LogP contribution in [0.25, 0.3) is 0 Å². The summed E-state index contributed by atoms with van der Waals surface area (Å²) in [6, 6.07) is 0. The lowest BCUT2D eigenvalue weighted by molar-refractivity contribution is -0.499. The second-order valence-corrected chi connectivity index (χ2v) is 29.0. The predicted molar refractivity (Wildman–Crippen MR) is 368 cm³/mol. The van der Waals surface area contributed by atoms with Gasteiger partial charge in [0.15, 0.2) is 30.8 Å². The van der Waals surface area contributed by atoms with E-state index >= 15 is 0 Å². The van der Waals surface area contributed by atoms with Gasteiger partial charge in [0.2, 0.25) is 0 Å². The van der Waals surface area contributed by atoms with Crippen molar-refractivity contribution in [3.8, 4) is 0 Å². The lowest BCUT2D eigenvalue weighted by atomic mass is 9.97. The normalized spacial score (nSPS) is 16.6. The average molecular weight is 1290 g/mol. The smallest absolute Gasteiger partial charge is 0.316 e. The van der Waals surface area contributed by atoms with Crippen LogP contribution in [0.1, 0.15) is 332 Å². The van der Waals surface area contributed by atoms with Crippen molar-refractivity contribution in [1.82, 2.24) is 0 Å². The van der Waals surface area contributed by atoms with Gasteiger partial charge in [-0.1, -0.05) is 168 Å². The molecule has 15 heteroatoms. The summed E-state index contributed by atoms with van der Waals surface area (Å²) in [5.74, 6) is -4.11. The van der Waals surface area contributed by atoms with E-state index in [1.165, 1.54) is 6.42 Å². The molecule has 0 saturated carbocycles. The van der Waals surface area contributed by atoms with E-state index in [0.717, 1.165) is 161 Å². The fourth-order valence-corrected chi connectivity index (χ4v) is 10.5. The van der Waals surface area contributed by atoms with Crippen LogP contribution in [0, 0.1) is 23.2 Å². The molecule has 0 fully saturated rings. The highest BCUT2D eigenvalue weighted by Crippen LogP contribution is 2.43. The minimum Gasteiger partial charge on any atom is -0.381 e. The summed E-state index contributed by atoms with van der Waals surface area (Å²) < 4.78 is 97.5. The number of hydrogen-bond acceptors (Lipinski definition) is 14. The van der Waals surface area contributed by atoms with E-state index in [2.05, 4.69) is 104 Å². The van der Waals surface area contributed by atoms with Crippen molar-refractivity contribution < 1.29 is 71.4 Å². The van der Waals surface area contributed by atoms with Crippen LogP contribution in [0.4, 0.5) is 0 Å². The van der Waals surface area contributed by atoms with Crippen LogP contribution in [0.15, 0.2) is 0 Å². The summed E-state index contributed by atoms with van der Waals surface area (Å²) in [4.78, 5) is 0. The van der Waals surface area contributed by atoms with Crippen LogP contribution >= 0.6 is 0 Å². The van der Waals surface area contributed by atoms with Gasteiger partial charge in [0, 0.05) is 58.2 Å².